The number of nitrogens with one attached hydrogen (secondary N) is 2. The van der Waals surface area contributed by atoms with Crippen LogP contribution in [0.4, 0.5) is 5.69 Å². The van der Waals surface area contributed by atoms with Gasteiger partial charge in [-0.05, 0) is 67.1 Å². The summed E-state index contributed by atoms with van der Waals surface area (Å²) in [6.07, 6.45) is 1.56. The first-order chi connectivity index (χ1) is 18.9. The molecule has 3 aromatic carbocycles. The van der Waals surface area contributed by atoms with Gasteiger partial charge in [0, 0.05) is 5.69 Å². The van der Waals surface area contributed by atoms with E-state index in [1.165, 1.54) is 7.11 Å². The molecule has 196 valence electrons. The molecule has 1 amide bonds. The van der Waals surface area contributed by atoms with E-state index >= 15 is 0 Å². The normalized spacial score (nSPS) is 10.9. The van der Waals surface area contributed by atoms with E-state index in [0.717, 1.165) is 0 Å². The lowest BCUT2D eigenvalue weighted by molar-refractivity contribution is -0.118. The Kier molecular flexibility index (Phi) is 8.33. The van der Waals surface area contributed by atoms with Gasteiger partial charge in [0.15, 0.2) is 23.9 Å². The number of amides is 1. The predicted molar refractivity (Wildman–Crippen MR) is 145 cm³/mol. The average Bonchev–Trinajstić information content (AvgIpc) is 2.95. The molecule has 2 N–H and O–H groups in total. The van der Waals surface area contributed by atoms with E-state index < -0.39 is 11.9 Å². The Morgan fingerprint density at radius 3 is 2.56 bits per heavy atom. The Morgan fingerprint density at radius 2 is 1.85 bits per heavy atom. The maximum atomic E-state index is 12.4. The molecule has 0 spiro atoms. The molecule has 0 radical (unpaired) electrons. The Morgan fingerprint density at radius 1 is 1.08 bits per heavy atom. The topological polar surface area (TPSA) is 143 Å². The first kappa shape index (κ1) is 26.6. The van der Waals surface area contributed by atoms with Gasteiger partial charge in [0.2, 0.25) is 0 Å². The molecule has 0 aliphatic heterocycles. The second kappa shape index (κ2) is 12.2. The number of allylic oxidation sites excluding steroid dienone is 1. The van der Waals surface area contributed by atoms with Crippen molar-refractivity contribution in [2.45, 2.75) is 6.92 Å². The monoisotopic (exact) mass is 524 g/mol. The number of aromatic nitrogens is 2. The molecule has 10 nitrogen and oxygen atoms in total. The van der Waals surface area contributed by atoms with Crippen molar-refractivity contribution in [1.29, 1.82) is 5.26 Å². The number of hydrogen-bond donors (Lipinski definition) is 2. The first-order valence-corrected chi connectivity index (χ1v) is 11.9. The fourth-order valence-electron chi connectivity index (χ4n) is 3.67. The number of H-pyrrole nitrogens is 1. The lowest BCUT2D eigenvalue weighted by Crippen LogP contribution is -2.20. The fourth-order valence-corrected chi connectivity index (χ4v) is 3.67. The van der Waals surface area contributed by atoms with E-state index in [0.29, 0.717) is 39.2 Å². The van der Waals surface area contributed by atoms with Gasteiger partial charge in [0.1, 0.15) is 6.07 Å². The third-order valence-corrected chi connectivity index (χ3v) is 5.53. The second-order valence-corrected chi connectivity index (χ2v) is 8.15. The molecule has 1 heterocycles. The number of aromatic amines is 1. The van der Waals surface area contributed by atoms with Crippen LogP contribution < -0.4 is 20.3 Å². The smallest absolute Gasteiger partial charge is 0.338 e. The summed E-state index contributed by atoms with van der Waals surface area (Å²) < 4.78 is 16.0. The van der Waals surface area contributed by atoms with Gasteiger partial charge in [-0.1, -0.05) is 18.2 Å². The third kappa shape index (κ3) is 6.47. The van der Waals surface area contributed by atoms with Gasteiger partial charge in [-0.2, -0.15) is 5.26 Å². The molecule has 1 aromatic heterocycles. The van der Waals surface area contributed by atoms with Crippen LogP contribution in [0, 0.1) is 11.3 Å². The average molecular weight is 525 g/mol. The minimum absolute atomic E-state index is 0.146. The van der Waals surface area contributed by atoms with Crippen molar-refractivity contribution in [3.8, 4) is 17.6 Å². The van der Waals surface area contributed by atoms with Crippen molar-refractivity contribution in [2.75, 3.05) is 25.6 Å². The summed E-state index contributed by atoms with van der Waals surface area (Å²) in [6.45, 7) is 1.70. The van der Waals surface area contributed by atoms with Crippen molar-refractivity contribution in [3.05, 3.63) is 94.0 Å². The lowest BCUT2D eigenvalue weighted by atomic mass is 10.1. The number of hydrogen-bond acceptors (Lipinski definition) is 8. The second-order valence-electron chi connectivity index (χ2n) is 8.15. The minimum Gasteiger partial charge on any atom is -0.493 e. The summed E-state index contributed by atoms with van der Waals surface area (Å²) in [5.41, 5.74) is 1.76. The summed E-state index contributed by atoms with van der Waals surface area (Å²) >= 11 is 0. The molecule has 0 atom stereocenters. The summed E-state index contributed by atoms with van der Waals surface area (Å²) in [6, 6.07) is 20.2. The van der Waals surface area contributed by atoms with Crippen molar-refractivity contribution in [3.63, 3.8) is 0 Å². The zero-order valence-corrected chi connectivity index (χ0v) is 21.2. The van der Waals surface area contributed by atoms with Crippen LogP contribution in [0.1, 0.15) is 28.7 Å². The number of anilines is 1. The van der Waals surface area contributed by atoms with Crippen molar-refractivity contribution in [1.82, 2.24) is 9.97 Å². The molecule has 0 saturated heterocycles. The maximum absolute atomic E-state index is 12.4. The van der Waals surface area contributed by atoms with Gasteiger partial charge in [0.25, 0.3) is 11.5 Å². The molecular formula is C29H24N4O6. The highest BCUT2D eigenvalue weighted by Gasteiger charge is 2.12. The maximum Gasteiger partial charge on any atom is 0.338 e. The van der Waals surface area contributed by atoms with E-state index in [2.05, 4.69) is 21.4 Å². The number of fused-ring (bicyclic) bond motifs is 1. The number of carbonyl (C=O) groups is 2. The predicted octanol–water partition coefficient (Wildman–Crippen LogP) is 4.19. The zero-order chi connectivity index (χ0) is 27.8. The lowest BCUT2D eigenvalue weighted by Gasteiger charge is -2.12. The zero-order valence-electron chi connectivity index (χ0n) is 21.2. The van der Waals surface area contributed by atoms with Gasteiger partial charge in [0.05, 0.1) is 35.8 Å². The highest BCUT2D eigenvalue weighted by molar-refractivity contribution is 5.94. The Hall–Kier alpha value is -5.43. The number of esters is 1. The van der Waals surface area contributed by atoms with Gasteiger partial charge in [-0.15, -0.1) is 0 Å². The number of rotatable bonds is 9. The summed E-state index contributed by atoms with van der Waals surface area (Å²) in [7, 11) is 1.45. The molecule has 0 unspecified atom stereocenters. The molecule has 4 rings (SSSR count). The largest absolute Gasteiger partial charge is 0.493 e. The Labute approximate surface area is 223 Å². The first-order valence-electron chi connectivity index (χ1n) is 11.9. The molecular weight excluding hydrogens is 500 g/mol. The number of carbonyl (C=O) groups excluding carboxylic acids is 2. The van der Waals surface area contributed by atoms with E-state index in [4.69, 9.17) is 14.2 Å². The number of para-hydroxylation sites is 1. The van der Waals surface area contributed by atoms with Gasteiger partial charge in [-0.3, -0.25) is 9.59 Å². The number of nitriles is 1. The quantitative estimate of drug-likeness (QED) is 0.245. The SMILES string of the molecule is CCOC(=O)c1ccc(NC(=O)COc2ccc(/C=C(\C#N)c3nc4ccccc4c(=O)[nH]3)cc2OC)cc1. The van der Waals surface area contributed by atoms with Crippen molar-refractivity contribution in [2.24, 2.45) is 0 Å². The molecule has 4 aromatic rings. The van der Waals surface area contributed by atoms with Crippen LogP contribution in [0.3, 0.4) is 0 Å². The third-order valence-electron chi connectivity index (χ3n) is 5.53. The highest BCUT2D eigenvalue weighted by atomic mass is 16.5. The summed E-state index contributed by atoms with van der Waals surface area (Å²) in [4.78, 5) is 43.6. The van der Waals surface area contributed by atoms with Crippen molar-refractivity contribution < 1.29 is 23.8 Å². The number of ether oxygens (including phenoxy) is 3. The van der Waals surface area contributed by atoms with Crippen LogP contribution >= 0.6 is 0 Å². The molecule has 39 heavy (non-hydrogen) atoms. The van der Waals surface area contributed by atoms with E-state index in [-0.39, 0.29) is 30.2 Å². The number of nitrogens with zero attached hydrogens (tertiary/aromatic N) is 2. The van der Waals surface area contributed by atoms with Crippen LogP contribution in [0.2, 0.25) is 0 Å². The van der Waals surface area contributed by atoms with Crippen LogP contribution in [0.25, 0.3) is 22.6 Å². The van der Waals surface area contributed by atoms with Gasteiger partial charge in [-0.25, -0.2) is 9.78 Å². The highest BCUT2D eigenvalue weighted by Crippen LogP contribution is 2.29. The van der Waals surface area contributed by atoms with E-state index in [1.54, 1.807) is 79.7 Å². The summed E-state index contributed by atoms with van der Waals surface area (Å²) in [5, 5.41) is 12.8. The molecule has 0 fully saturated rings. The van der Waals surface area contributed by atoms with E-state index in [1.807, 2.05) is 0 Å². The number of methoxy groups -OCH3 is 1. The minimum atomic E-state index is -0.437. The van der Waals surface area contributed by atoms with Crippen LogP contribution in [0.5, 0.6) is 11.5 Å². The molecule has 10 heteroatoms. The van der Waals surface area contributed by atoms with E-state index in [9.17, 15) is 19.6 Å². The van der Waals surface area contributed by atoms with Gasteiger partial charge < -0.3 is 24.5 Å². The number of benzene rings is 3. The van der Waals surface area contributed by atoms with Crippen LogP contribution in [0.15, 0.2) is 71.5 Å². The van der Waals surface area contributed by atoms with Crippen LogP contribution in [-0.4, -0.2) is 42.2 Å². The van der Waals surface area contributed by atoms with Crippen LogP contribution in [-0.2, 0) is 9.53 Å². The van der Waals surface area contributed by atoms with Gasteiger partial charge >= 0.3 is 5.97 Å². The Balaban J connectivity index is 1.45. The molecule has 0 aliphatic carbocycles. The summed E-state index contributed by atoms with van der Waals surface area (Å²) in [5.74, 6) is -0.0472. The molecule has 0 saturated carbocycles. The fraction of sp³-hybridized carbons (Fsp3) is 0.138. The standard InChI is InChI=1S/C29H24N4O6/c1-3-38-29(36)19-9-11-21(12-10-19)31-26(34)17-39-24-13-8-18(15-25(24)37-2)14-20(16-30)27-32-23-7-5-4-6-22(23)28(35)33-27/h4-15H,3,17H2,1-2H3,(H,31,34)(H,32,33,35)/b20-14+. The molecule has 0 bridgehead atoms. The van der Waals surface area contributed by atoms with Crippen molar-refractivity contribution >= 4 is 40.1 Å². The Bertz CT molecular complexity index is 1650. The molecule has 0 aliphatic rings.